The van der Waals surface area contributed by atoms with Crippen LogP contribution in [-0.2, 0) is 0 Å². The van der Waals surface area contributed by atoms with Gasteiger partial charge < -0.3 is 10.1 Å². The van der Waals surface area contributed by atoms with Gasteiger partial charge in [0.25, 0.3) is 0 Å². The SMILES string of the molecule is CC(C)Sc1nc(O)c(C=C2C=Nc3ncc(Cl)cc32)[nH]1. The fourth-order valence-corrected chi connectivity index (χ4v) is 2.87. The molecule has 0 spiro atoms. The minimum absolute atomic E-state index is 0.0255. The highest BCUT2D eigenvalue weighted by molar-refractivity contribution is 7.99. The van der Waals surface area contributed by atoms with Crippen LogP contribution in [0.1, 0.15) is 25.1 Å². The van der Waals surface area contributed by atoms with E-state index < -0.39 is 0 Å². The molecule has 7 heteroatoms. The number of nitrogens with one attached hydrogen (secondary N) is 1. The van der Waals surface area contributed by atoms with E-state index in [1.165, 1.54) is 0 Å². The number of nitrogens with zero attached hydrogens (tertiary/aromatic N) is 3. The number of hydrogen-bond donors (Lipinski definition) is 2. The lowest BCUT2D eigenvalue weighted by Gasteiger charge is -1.99. The molecule has 0 aromatic carbocycles. The van der Waals surface area contributed by atoms with Crippen molar-refractivity contribution >= 4 is 47.0 Å². The van der Waals surface area contributed by atoms with Gasteiger partial charge in [-0.1, -0.05) is 37.2 Å². The average Bonchev–Trinajstić information content (AvgIpc) is 2.94. The molecule has 1 aliphatic rings. The van der Waals surface area contributed by atoms with E-state index in [4.69, 9.17) is 11.6 Å². The molecule has 3 heterocycles. The largest absolute Gasteiger partial charge is 0.492 e. The minimum Gasteiger partial charge on any atom is -0.492 e. The van der Waals surface area contributed by atoms with E-state index in [9.17, 15) is 5.11 Å². The van der Waals surface area contributed by atoms with Crippen molar-refractivity contribution in [2.75, 3.05) is 0 Å². The summed E-state index contributed by atoms with van der Waals surface area (Å²) < 4.78 is 0. The fourth-order valence-electron chi connectivity index (χ4n) is 1.95. The molecule has 2 N–H and O–H groups in total. The fraction of sp³-hybridized carbons (Fsp3) is 0.214. The minimum atomic E-state index is -0.0255. The van der Waals surface area contributed by atoms with Gasteiger partial charge in [0.05, 0.1) is 5.02 Å². The van der Waals surface area contributed by atoms with E-state index in [2.05, 4.69) is 33.8 Å². The highest BCUT2D eigenvalue weighted by Crippen LogP contribution is 2.34. The van der Waals surface area contributed by atoms with Gasteiger partial charge in [-0.15, -0.1) is 0 Å². The molecule has 0 aliphatic carbocycles. The van der Waals surface area contributed by atoms with E-state index in [-0.39, 0.29) is 5.88 Å². The van der Waals surface area contributed by atoms with Gasteiger partial charge in [-0.3, -0.25) is 0 Å². The summed E-state index contributed by atoms with van der Waals surface area (Å²) in [6.45, 7) is 4.13. The third kappa shape index (κ3) is 2.96. The number of rotatable bonds is 3. The van der Waals surface area contributed by atoms with Crippen molar-refractivity contribution in [2.45, 2.75) is 24.3 Å². The van der Waals surface area contributed by atoms with Gasteiger partial charge in [0.1, 0.15) is 5.69 Å². The summed E-state index contributed by atoms with van der Waals surface area (Å²) >= 11 is 7.52. The van der Waals surface area contributed by atoms with Gasteiger partial charge >= 0.3 is 0 Å². The van der Waals surface area contributed by atoms with Crippen LogP contribution in [0.5, 0.6) is 5.88 Å². The van der Waals surface area contributed by atoms with Crippen molar-refractivity contribution in [1.29, 1.82) is 0 Å². The van der Waals surface area contributed by atoms with Gasteiger partial charge in [-0.25, -0.2) is 9.98 Å². The summed E-state index contributed by atoms with van der Waals surface area (Å²) in [6.07, 6.45) is 5.05. The first-order valence-corrected chi connectivity index (χ1v) is 7.66. The molecule has 108 valence electrons. The van der Waals surface area contributed by atoms with Crippen molar-refractivity contribution in [3.05, 3.63) is 28.5 Å². The van der Waals surface area contributed by atoms with Crippen LogP contribution in [0.15, 0.2) is 22.4 Å². The number of hydrogen-bond acceptors (Lipinski definition) is 5. The Labute approximate surface area is 131 Å². The molecule has 0 radical (unpaired) electrons. The number of imidazole rings is 1. The molecule has 0 atom stereocenters. The molecule has 0 fully saturated rings. The zero-order valence-corrected chi connectivity index (χ0v) is 13.0. The average molecular weight is 321 g/mol. The molecule has 21 heavy (non-hydrogen) atoms. The maximum atomic E-state index is 9.92. The second-order valence-corrected chi connectivity index (χ2v) is 6.83. The lowest BCUT2D eigenvalue weighted by molar-refractivity contribution is 0.453. The molecule has 1 aliphatic heterocycles. The van der Waals surface area contributed by atoms with Crippen LogP contribution in [0.25, 0.3) is 11.6 Å². The van der Waals surface area contributed by atoms with Gasteiger partial charge in [0.2, 0.25) is 5.88 Å². The van der Waals surface area contributed by atoms with Crippen LogP contribution < -0.4 is 0 Å². The third-order valence-corrected chi connectivity index (χ3v) is 3.90. The first kappa shape index (κ1) is 14.2. The Morgan fingerprint density at radius 3 is 3.00 bits per heavy atom. The lowest BCUT2D eigenvalue weighted by atomic mass is 10.1. The van der Waals surface area contributed by atoms with Gasteiger partial charge in [-0.2, -0.15) is 4.98 Å². The molecule has 0 saturated carbocycles. The van der Waals surface area contributed by atoms with Crippen molar-refractivity contribution in [3.8, 4) is 5.88 Å². The Morgan fingerprint density at radius 1 is 1.43 bits per heavy atom. The van der Waals surface area contributed by atoms with Crippen LogP contribution in [0, 0.1) is 0 Å². The van der Waals surface area contributed by atoms with Gasteiger partial charge in [-0.05, 0) is 12.1 Å². The maximum Gasteiger partial charge on any atom is 0.237 e. The summed E-state index contributed by atoms with van der Waals surface area (Å²) in [5, 5.41) is 11.5. The van der Waals surface area contributed by atoms with Crippen molar-refractivity contribution in [1.82, 2.24) is 15.0 Å². The Kier molecular flexibility index (Phi) is 3.73. The second kappa shape index (κ2) is 5.54. The predicted octanol–water partition coefficient (Wildman–Crippen LogP) is 3.92. The first-order chi connectivity index (χ1) is 10.0. The van der Waals surface area contributed by atoms with E-state index in [0.29, 0.717) is 26.9 Å². The first-order valence-electron chi connectivity index (χ1n) is 6.40. The highest BCUT2D eigenvalue weighted by atomic mass is 35.5. The van der Waals surface area contributed by atoms with Crippen LogP contribution in [-0.4, -0.2) is 31.5 Å². The summed E-state index contributed by atoms with van der Waals surface area (Å²) in [7, 11) is 0. The van der Waals surface area contributed by atoms with E-state index in [0.717, 1.165) is 11.1 Å². The number of thioether (sulfide) groups is 1. The van der Waals surface area contributed by atoms with Gasteiger partial charge in [0, 0.05) is 28.8 Å². The third-order valence-electron chi connectivity index (χ3n) is 2.81. The van der Waals surface area contributed by atoms with Crippen LogP contribution >= 0.6 is 23.4 Å². The van der Waals surface area contributed by atoms with Gasteiger partial charge in [0.15, 0.2) is 11.0 Å². The monoisotopic (exact) mass is 320 g/mol. The van der Waals surface area contributed by atoms with Crippen molar-refractivity contribution in [2.24, 2.45) is 4.99 Å². The Bertz CT molecular complexity index is 751. The quantitative estimate of drug-likeness (QED) is 0.840. The number of halogens is 1. The van der Waals surface area contributed by atoms with Crippen LogP contribution in [0.3, 0.4) is 0 Å². The summed E-state index contributed by atoms with van der Waals surface area (Å²) in [4.78, 5) is 15.6. The molecule has 0 bridgehead atoms. The lowest BCUT2D eigenvalue weighted by Crippen LogP contribution is -1.87. The molecular weight excluding hydrogens is 308 g/mol. The van der Waals surface area contributed by atoms with E-state index >= 15 is 0 Å². The van der Waals surface area contributed by atoms with Crippen LogP contribution in [0.2, 0.25) is 5.02 Å². The molecule has 2 aromatic heterocycles. The molecule has 0 amide bonds. The predicted molar refractivity (Wildman–Crippen MR) is 86.5 cm³/mol. The van der Waals surface area contributed by atoms with E-state index in [1.54, 1.807) is 36.3 Å². The number of fused-ring (bicyclic) bond motifs is 1. The smallest absolute Gasteiger partial charge is 0.237 e. The molecular formula is C14H13ClN4OS. The Balaban J connectivity index is 1.96. The topological polar surface area (TPSA) is 74.2 Å². The zero-order valence-electron chi connectivity index (χ0n) is 11.5. The van der Waals surface area contributed by atoms with Crippen LogP contribution in [0.4, 0.5) is 5.82 Å². The summed E-state index contributed by atoms with van der Waals surface area (Å²) in [5.41, 5.74) is 2.22. The standard InChI is InChI=1S/C14H13ClN4OS/c1-7(2)21-14-18-11(13(20)19-14)3-8-5-16-12-10(8)4-9(15)6-17-12/h3-7,20H,1-2H3,(H,18,19). The Hall–Kier alpha value is -1.79. The number of aromatic nitrogens is 3. The number of allylic oxidation sites excluding steroid dienone is 1. The molecule has 3 rings (SSSR count). The highest BCUT2D eigenvalue weighted by Gasteiger charge is 2.16. The summed E-state index contributed by atoms with van der Waals surface area (Å²) in [6, 6.07) is 1.81. The van der Waals surface area contributed by atoms with Crippen molar-refractivity contribution in [3.63, 3.8) is 0 Å². The molecule has 0 saturated heterocycles. The number of aromatic amines is 1. The number of aliphatic imine (C=N–C) groups is 1. The van der Waals surface area contributed by atoms with Crippen molar-refractivity contribution < 1.29 is 5.11 Å². The summed E-state index contributed by atoms with van der Waals surface area (Å²) in [5.74, 6) is 0.601. The normalized spacial score (nSPS) is 15.1. The molecule has 5 nitrogen and oxygen atoms in total. The molecule has 0 unspecified atom stereocenters. The second-order valence-electron chi connectivity index (χ2n) is 4.83. The number of pyridine rings is 1. The number of H-pyrrole nitrogens is 1. The maximum absolute atomic E-state index is 9.92. The molecule has 2 aromatic rings. The number of aromatic hydroxyl groups is 1. The van der Waals surface area contributed by atoms with E-state index in [1.807, 2.05) is 0 Å². The Morgan fingerprint density at radius 2 is 2.24 bits per heavy atom. The zero-order chi connectivity index (χ0) is 15.0.